The van der Waals surface area contributed by atoms with Crippen molar-refractivity contribution in [2.45, 2.75) is 52.4 Å². The smallest absolute Gasteiger partial charge is 0.264 e. The van der Waals surface area contributed by atoms with Gasteiger partial charge in [-0.05, 0) is 61.5 Å². The van der Waals surface area contributed by atoms with Gasteiger partial charge in [0.1, 0.15) is 5.75 Å². The summed E-state index contributed by atoms with van der Waals surface area (Å²) in [5, 5.41) is 4.00. The Morgan fingerprint density at radius 3 is 2.58 bits per heavy atom. The number of carbonyl (C=O) groups excluding carboxylic acids is 1. The van der Waals surface area contributed by atoms with Crippen molar-refractivity contribution in [1.82, 2.24) is 5.32 Å². The molecule has 1 heterocycles. The quantitative estimate of drug-likeness (QED) is 0.302. The average molecular weight is 457 g/mol. The molecule has 0 saturated carbocycles. The highest BCUT2D eigenvalue weighted by molar-refractivity contribution is 8.18. The molecule has 1 amide bonds. The molecule has 0 aromatic heterocycles. The number of carbonyl (C=O) groups is 1. The SMILES string of the molecule is CCCCCCCCOc1ccc(Cl)cc1C=C1SC(=Nc2ccc(C)cc2)NC1=O. The molecule has 1 N–H and O–H groups in total. The third-order valence-electron chi connectivity index (χ3n) is 4.93. The lowest BCUT2D eigenvalue weighted by molar-refractivity contribution is -0.115. The minimum Gasteiger partial charge on any atom is -0.493 e. The number of thioether (sulfide) groups is 1. The van der Waals surface area contributed by atoms with E-state index >= 15 is 0 Å². The van der Waals surface area contributed by atoms with Crippen LogP contribution in [-0.4, -0.2) is 17.7 Å². The first-order chi connectivity index (χ1) is 15.0. The molecule has 0 atom stereocenters. The van der Waals surface area contributed by atoms with E-state index in [-0.39, 0.29) is 5.91 Å². The number of aryl methyl sites for hydroxylation is 1. The molecule has 1 saturated heterocycles. The number of nitrogens with zero attached hydrogens (tertiary/aromatic N) is 1. The van der Waals surface area contributed by atoms with Gasteiger partial charge in [-0.3, -0.25) is 4.79 Å². The fourth-order valence-corrected chi connectivity index (χ4v) is 4.20. The summed E-state index contributed by atoms with van der Waals surface area (Å²) >= 11 is 7.52. The Hall–Kier alpha value is -2.24. The van der Waals surface area contributed by atoms with Crippen LogP contribution in [0.3, 0.4) is 0 Å². The van der Waals surface area contributed by atoms with Crippen molar-refractivity contribution in [2.75, 3.05) is 6.61 Å². The molecule has 31 heavy (non-hydrogen) atoms. The van der Waals surface area contributed by atoms with E-state index in [0.29, 0.717) is 21.7 Å². The van der Waals surface area contributed by atoms with E-state index in [1.54, 1.807) is 0 Å². The summed E-state index contributed by atoms with van der Waals surface area (Å²) in [6.07, 6.45) is 9.08. The molecule has 3 rings (SSSR count). The number of halogens is 1. The van der Waals surface area contributed by atoms with Crippen molar-refractivity contribution < 1.29 is 9.53 Å². The highest BCUT2D eigenvalue weighted by Crippen LogP contribution is 2.32. The van der Waals surface area contributed by atoms with Crippen LogP contribution >= 0.6 is 23.4 Å². The van der Waals surface area contributed by atoms with Gasteiger partial charge in [-0.1, -0.05) is 68.3 Å². The van der Waals surface area contributed by atoms with Gasteiger partial charge in [0.2, 0.25) is 0 Å². The number of amidine groups is 1. The van der Waals surface area contributed by atoms with Gasteiger partial charge in [-0.25, -0.2) is 4.99 Å². The Morgan fingerprint density at radius 2 is 1.81 bits per heavy atom. The highest BCUT2D eigenvalue weighted by atomic mass is 35.5. The molecule has 1 aliphatic heterocycles. The minimum atomic E-state index is -0.169. The van der Waals surface area contributed by atoms with Gasteiger partial charge in [-0.15, -0.1) is 0 Å². The molecule has 2 aromatic rings. The molecule has 0 bridgehead atoms. The number of amides is 1. The number of rotatable bonds is 10. The van der Waals surface area contributed by atoms with Gasteiger partial charge in [-0.2, -0.15) is 0 Å². The highest BCUT2D eigenvalue weighted by Gasteiger charge is 2.24. The first-order valence-corrected chi connectivity index (χ1v) is 12.0. The molecule has 0 unspecified atom stereocenters. The van der Waals surface area contributed by atoms with Crippen LogP contribution in [0.25, 0.3) is 6.08 Å². The Balaban J connectivity index is 1.65. The van der Waals surface area contributed by atoms with Gasteiger partial charge in [0.05, 0.1) is 17.2 Å². The summed E-state index contributed by atoms with van der Waals surface area (Å²) < 4.78 is 6.00. The van der Waals surface area contributed by atoms with E-state index in [9.17, 15) is 4.79 Å². The Morgan fingerprint density at radius 1 is 1.06 bits per heavy atom. The third-order valence-corrected chi connectivity index (χ3v) is 6.07. The maximum atomic E-state index is 12.5. The zero-order valence-corrected chi connectivity index (χ0v) is 19.7. The minimum absolute atomic E-state index is 0.169. The summed E-state index contributed by atoms with van der Waals surface area (Å²) in [6, 6.07) is 13.4. The fraction of sp³-hybridized carbons (Fsp3) is 0.360. The lowest BCUT2D eigenvalue weighted by Crippen LogP contribution is -2.19. The Kier molecular flexibility index (Phi) is 9.04. The molecule has 6 heteroatoms. The summed E-state index contributed by atoms with van der Waals surface area (Å²) in [4.78, 5) is 17.5. The van der Waals surface area contributed by atoms with Gasteiger partial charge >= 0.3 is 0 Å². The number of aliphatic imine (C=N–C) groups is 1. The Bertz CT molecular complexity index is 954. The van der Waals surface area contributed by atoms with E-state index in [4.69, 9.17) is 16.3 Å². The number of ether oxygens (including phenoxy) is 1. The second kappa shape index (κ2) is 12.0. The van der Waals surface area contributed by atoms with Crippen molar-refractivity contribution in [1.29, 1.82) is 0 Å². The molecule has 0 radical (unpaired) electrons. The summed E-state index contributed by atoms with van der Waals surface area (Å²) in [6.45, 7) is 4.91. The van der Waals surface area contributed by atoms with Crippen LogP contribution < -0.4 is 10.1 Å². The molecule has 0 spiro atoms. The van der Waals surface area contributed by atoms with Gasteiger partial charge in [0.25, 0.3) is 5.91 Å². The molecule has 1 fully saturated rings. The zero-order chi connectivity index (χ0) is 22.1. The van der Waals surface area contributed by atoms with Gasteiger partial charge in [0, 0.05) is 10.6 Å². The second-order valence-corrected chi connectivity index (χ2v) is 9.08. The first kappa shape index (κ1) is 23.4. The Labute approximate surface area is 194 Å². The van der Waals surface area contributed by atoms with Crippen molar-refractivity contribution in [3.8, 4) is 5.75 Å². The summed E-state index contributed by atoms with van der Waals surface area (Å²) in [5.74, 6) is 0.570. The number of benzene rings is 2. The normalized spacial score (nSPS) is 16.2. The second-order valence-electron chi connectivity index (χ2n) is 7.62. The molecular formula is C25H29ClN2O2S. The van der Waals surface area contributed by atoms with E-state index in [2.05, 4.69) is 17.2 Å². The van der Waals surface area contributed by atoms with Gasteiger partial charge in [0.15, 0.2) is 5.17 Å². The van der Waals surface area contributed by atoms with Crippen LogP contribution in [0.1, 0.15) is 56.6 Å². The molecule has 4 nitrogen and oxygen atoms in total. The predicted octanol–water partition coefficient (Wildman–Crippen LogP) is 7.28. The number of unbranched alkanes of at least 4 members (excludes halogenated alkanes) is 5. The largest absolute Gasteiger partial charge is 0.493 e. The van der Waals surface area contributed by atoms with Crippen LogP contribution in [0.2, 0.25) is 5.02 Å². The molecule has 1 aliphatic rings. The average Bonchev–Trinajstić information content (AvgIpc) is 3.09. The van der Waals surface area contributed by atoms with Crippen LogP contribution in [-0.2, 0) is 4.79 Å². The summed E-state index contributed by atoms with van der Waals surface area (Å²) in [5.41, 5.74) is 2.77. The molecule has 164 valence electrons. The number of hydrogen-bond acceptors (Lipinski definition) is 4. The standard InChI is InChI=1S/C25H29ClN2O2S/c1-3-4-5-6-7-8-15-30-22-14-11-20(26)16-19(22)17-23-24(29)28-25(31-23)27-21-12-9-18(2)10-13-21/h9-14,16-17H,3-8,15H2,1-2H3,(H,27,28,29). The fourth-order valence-electron chi connectivity index (χ4n) is 3.19. The van der Waals surface area contributed by atoms with Crippen molar-refractivity contribution >= 4 is 46.2 Å². The third kappa shape index (κ3) is 7.44. The maximum Gasteiger partial charge on any atom is 0.264 e. The predicted molar refractivity (Wildman–Crippen MR) is 132 cm³/mol. The van der Waals surface area contributed by atoms with Crippen LogP contribution in [0, 0.1) is 6.92 Å². The van der Waals surface area contributed by atoms with Crippen LogP contribution in [0.5, 0.6) is 5.75 Å². The molecule has 0 aliphatic carbocycles. The van der Waals surface area contributed by atoms with E-state index < -0.39 is 0 Å². The van der Waals surface area contributed by atoms with E-state index in [1.165, 1.54) is 49.4 Å². The van der Waals surface area contributed by atoms with Crippen molar-refractivity contribution in [2.24, 2.45) is 4.99 Å². The zero-order valence-electron chi connectivity index (χ0n) is 18.1. The molecule has 2 aromatic carbocycles. The summed E-state index contributed by atoms with van der Waals surface area (Å²) in [7, 11) is 0. The van der Waals surface area contributed by atoms with E-state index in [0.717, 1.165) is 23.4 Å². The maximum absolute atomic E-state index is 12.5. The monoisotopic (exact) mass is 456 g/mol. The number of hydrogen-bond donors (Lipinski definition) is 1. The van der Waals surface area contributed by atoms with Crippen LogP contribution in [0.4, 0.5) is 5.69 Å². The van der Waals surface area contributed by atoms with E-state index in [1.807, 2.05) is 55.5 Å². The topological polar surface area (TPSA) is 50.7 Å². The van der Waals surface area contributed by atoms with Crippen molar-refractivity contribution in [3.05, 3.63) is 63.5 Å². The van der Waals surface area contributed by atoms with Crippen molar-refractivity contribution in [3.63, 3.8) is 0 Å². The lowest BCUT2D eigenvalue weighted by atomic mass is 10.1. The lowest BCUT2D eigenvalue weighted by Gasteiger charge is -2.10. The first-order valence-electron chi connectivity index (χ1n) is 10.8. The molecular weight excluding hydrogens is 428 g/mol. The van der Waals surface area contributed by atoms with Gasteiger partial charge < -0.3 is 10.1 Å². The number of nitrogens with one attached hydrogen (secondary N) is 1. The van der Waals surface area contributed by atoms with Crippen LogP contribution in [0.15, 0.2) is 52.4 Å².